The summed E-state index contributed by atoms with van der Waals surface area (Å²) in [5.41, 5.74) is 1.93. The fourth-order valence-electron chi connectivity index (χ4n) is 2.46. The van der Waals surface area contributed by atoms with Crippen LogP contribution >= 0.6 is 11.3 Å². The third-order valence-corrected chi connectivity index (χ3v) is 4.28. The molecule has 1 saturated heterocycles. The van der Waals surface area contributed by atoms with Crippen molar-refractivity contribution in [1.29, 1.82) is 0 Å². The summed E-state index contributed by atoms with van der Waals surface area (Å²) in [6.07, 6.45) is 3.88. The Morgan fingerprint density at radius 3 is 3.06 bits per heavy atom. The number of thiophene rings is 1. The number of aryl methyl sites for hydroxylation is 1. The molecule has 1 atom stereocenters. The number of aliphatic hydroxyl groups is 1. The van der Waals surface area contributed by atoms with E-state index in [-0.39, 0.29) is 12.5 Å². The Kier molecular flexibility index (Phi) is 4.18. The van der Waals surface area contributed by atoms with Gasteiger partial charge in [-0.05, 0) is 43.6 Å². The largest absolute Gasteiger partial charge is 0.396 e. The third kappa shape index (κ3) is 2.69. The number of hydrogen-bond donors (Lipinski definition) is 1. The summed E-state index contributed by atoms with van der Waals surface area (Å²) in [4.78, 5) is 14.4. The molecule has 1 N–H and O–H groups in total. The van der Waals surface area contributed by atoms with E-state index in [2.05, 4.69) is 0 Å². The minimum absolute atomic E-state index is 0.171. The molecule has 94 valence electrons. The molecular weight excluding hydrogens is 234 g/mol. The lowest BCUT2D eigenvalue weighted by molar-refractivity contribution is 0.0724. The number of aliphatic hydroxyl groups excluding tert-OH is 1. The standard InChI is InChI=1S/C13H19NO2S/c1-10-8-17-9-12(10)13(16)14-6-2-4-11(14)5-3-7-15/h8-9,11,15H,2-7H2,1H3. The molecule has 0 spiro atoms. The van der Waals surface area contributed by atoms with Gasteiger partial charge in [0.2, 0.25) is 0 Å². The van der Waals surface area contributed by atoms with Crippen molar-refractivity contribution in [2.24, 2.45) is 0 Å². The summed E-state index contributed by atoms with van der Waals surface area (Å²) >= 11 is 1.58. The van der Waals surface area contributed by atoms with Gasteiger partial charge in [0.1, 0.15) is 0 Å². The molecule has 0 bridgehead atoms. The minimum atomic E-state index is 0.171. The first-order chi connectivity index (χ1) is 8.24. The highest BCUT2D eigenvalue weighted by molar-refractivity contribution is 7.08. The lowest BCUT2D eigenvalue weighted by Crippen LogP contribution is -2.35. The van der Waals surface area contributed by atoms with E-state index >= 15 is 0 Å². The number of nitrogens with zero attached hydrogens (tertiary/aromatic N) is 1. The molecule has 4 heteroatoms. The first-order valence-corrected chi connectivity index (χ1v) is 7.13. The van der Waals surface area contributed by atoms with Crippen molar-refractivity contribution in [3.05, 3.63) is 21.9 Å². The van der Waals surface area contributed by atoms with Gasteiger partial charge in [-0.3, -0.25) is 4.79 Å². The number of likely N-dealkylation sites (tertiary alicyclic amines) is 1. The maximum Gasteiger partial charge on any atom is 0.255 e. The fraction of sp³-hybridized carbons (Fsp3) is 0.615. The van der Waals surface area contributed by atoms with Gasteiger partial charge in [0, 0.05) is 24.6 Å². The van der Waals surface area contributed by atoms with Crippen molar-refractivity contribution in [3.8, 4) is 0 Å². The molecule has 2 heterocycles. The predicted molar refractivity (Wildman–Crippen MR) is 69.4 cm³/mol. The average Bonchev–Trinajstić information content (AvgIpc) is 2.94. The molecule has 0 saturated carbocycles. The van der Waals surface area contributed by atoms with Crippen LogP contribution in [0.3, 0.4) is 0 Å². The van der Waals surface area contributed by atoms with Crippen molar-refractivity contribution in [1.82, 2.24) is 4.90 Å². The highest BCUT2D eigenvalue weighted by atomic mass is 32.1. The van der Waals surface area contributed by atoms with Crippen LogP contribution in [0.2, 0.25) is 0 Å². The maximum atomic E-state index is 12.4. The minimum Gasteiger partial charge on any atom is -0.396 e. The number of rotatable bonds is 4. The summed E-state index contributed by atoms with van der Waals surface area (Å²) in [6, 6.07) is 0.328. The molecule has 1 amide bonds. The van der Waals surface area contributed by atoms with Gasteiger partial charge in [-0.25, -0.2) is 0 Å². The Labute approximate surface area is 106 Å². The summed E-state index contributed by atoms with van der Waals surface area (Å²) in [5, 5.41) is 12.8. The zero-order chi connectivity index (χ0) is 12.3. The quantitative estimate of drug-likeness (QED) is 0.895. The van der Waals surface area contributed by atoms with E-state index in [1.807, 2.05) is 22.6 Å². The van der Waals surface area contributed by atoms with E-state index in [9.17, 15) is 4.79 Å². The van der Waals surface area contributed by atoms with Crippen molar-refractivity contribution in [2.45, 2.75) is 38.6 Å². The zero-order valence-electron chi connectivity index (χ0n) is 10.2. The molecule has 1 aromatic heterocycles. The van der Waals surface area contributed by atoms with E-state index in [0.29, 0.717) is 6.04 Å². The summed E-state index contributed by atoms with van der Waals surface area (Å²) in [7, 11) is 0. The normalized spacial score (nSPS) is 19.9. The van der Waals surface area contributed by atoms with Gasteiger partial charge < -0.3 is 10.0 Å². The summed E-state index contributed by atoms with van der Waals surface area (Å²) in [6.45, 7) is 3.07. The van der Waals surface area contributed by atoms with Crippen LogP contribution in [-0.2, 0) is 0 Å². The second kappa shape index (κ2) is 5.65. The van der Waals surface area contributed by atoms with E-state index in [1.165, 1.54) is 0 Å². The molecule has 0 radical (unpaired) electrons. The van der Waals surface area contributed by atoms with E-state index < -0.39 is 0 Å². The second-order valence-corrected chi connectivity index (χ2v) is 5.37. The Bertz CT molecular complexity index is 389. The van der Waals surface area contributed by atoms with Crippen LogP contribution in [0.5, 0.6) is 0 Å². The Hall–Kier alpha value is -0.870. The zero-order valence-corrected chi connectivity index (χ0v) is 11.0. The Balaban J connectivity index is 2.06. The van der Waals surface area contributed by atoms with Crippen LogP contribution in [0.4, 0.5) is 0 Å². The van der Waals surface area contributed by atoms with Crippen LogP contribution in [0.25, 0.3) is 0 Å². The molecule has 3 nitrogen and oxygen atoms in total. The lowest BCUT2D eigenvalue weighted by Gasteiger charge is -2.24. The monoisotopic (exact) mass is 253 g/mol. The van der Waals surface area contributed by atoms with Gasteiger partial charge >= 0.3 is 0 Å². The lowest BCUT2D eigenvalue weighted by atomic mass is 10.1. The van der Waals surface area contributed by atoms with Crippen molar-refractivity contribution in [2.75, 3.05) is 13.2 Å². The highest BCUT2D eigenvalue weighted by Crippen LogP contribution is 2.25. The van der Waals surface area contributed by atoms with Crippen LogP contribution in [0.15, 0.2) is 10.8 Å². The number of carbonyl (C=O) groups excluding carboxylic acids is 1. The summed E-state index contributed by atoms with van der Waals surface area (Å²) in [5.74, 6) is 0.171. The average molecular weight is 253 g/mol. The van der Waals surface area contributed by atoms with Gasteiger partial charge in [-0.1, -0.05) is 0 Å². The number of hydrogen-bond acceptors (Lipinski definition) is 3. The Morgan fingerprint density at radius 2 is 2.41 bits per heavy atom. The first-order valence-electron chi connectivity index (χ1n) is 6.18. The molecule has 0 aliphatic carbocycles. The fourth-order valence-corrected chi connectivity index (χ4v) is 3.29. The van der Waals surface area contributed by atoms with Crippen molar-refractivity contribution >= 4 is 17.2 Å². The number of carbonyl (C=O) groups is 1. The molecule has 1 fully saturated rings. The maximum absolute atomic E-state index is 12.4. The van der Waals surface area contributed by atoms with E-state index in [0.717, 1.165) is 43.4 Å². The SMILES string of the molecule is Cc1cscc1C(=O)N1CCCC1CCCO. The predicted octanol–water partition coefficient (Wildman–Crippen LogP) is 2.43. The molecule has 0 aromatic carbocycles. The molecule has 2 rings (SSSR count). The van der Waals surface area contributed by atoms with Gasteiger partial charge in [-0.2, -0.15) is 11.3 Å². The molecular formula is C13H19NO2S. The molecule has 1 aliphatic heterocycles. The summed E-state index contributed by atoms with van der Waals surface area (Å²) < 4.78 is 0. The van der Waals surface area contributed by atoms with E-state index in [1.54, 1.807) is 11.3 Å². The van der Waals surface area contributed by atoms with Crippen LogP contribution in [0, 0.1) is 6.92 Å². The van der Waals surface area contributed by atoms with Crippen LogP contribution < -0.4 is 0 Å². The van der Waals surface area contributed by atoms with Crippen molar-refractivity contribution in [3.63, 3.8) is 0 Å². The third-order valence-electron chi connectivity index (χ3n) is 3.42. The van der Waals surface area contributed by atoms with Gasteiger partial charge in [0.15, 0.2) is 0 Å². The molecule has 17 heavy (non-hydrogen) atoms. The van der Waals surface area contributed by atoms with E-state index in [4.69, 9.17) is 5.11 Å². The van der Waals surface area contributed by atoms with Gasteiger partial charge in [0.25, 0.3) is 5.91 Å². The van der Waals surface area contributed by atoms with Crippen molar-refractivity contribution < 1.29 is 9.90 Å². The van der Waals surface area contributed by atoms with Crippen LogP contribution in [-0.4, -0.2) is 35.1 Å². The Morgan fingerprint density at radius 1 is 1.59 bits per heavy atom. The van der Waals surface area contributed by atoms with Gasteiger partial charge in [0.05, 0.1) is 5.56 Å². The van der Waals surface area contributed by atoms with Crippen LogP contribution in [0.1, 0.15) is 41.6 Å². The van der Waals surface area contributed by atoms with Gasteiger partial charge in [-0.15, -0.1) is 0 Å². The second-order valence-electron chi connectivity index (χ2n) is 4.63. The molecule has 1 unspecified atom stereocenters. The molecule has 1 aromatic rings. The highest BCUT2D eigenvalue weighted by Gasteiger charge is 2.29. The first kappa shape index (κ1) is 12.6. The number of amides is 1. The smallest absolute Gasteiger partial charge is 0.255 e. The molecule has 1 aliphatic rings. The topological polar surface area (TPSA) is 40.5 Å².